The number of nitrogens with zero attached hydrogens (tertiary/aromatic N) is 1. The van der Waals surface area contributed by atoms with Gasteiger partial charge in [0, 0.05) is 6.54 Å². The van der Waals surface area contributed by atoms with Crippen molar-refractivity contribution in [1.82, 2.24) is 15.2 Å². The van der Waals surface area contributed by atoms with Crippen molar-refractivity contribution >= 4 is 22.9 Å². The van der Waals surface area contributed by atoms with E-state index in [1.807, 2.05) is 6.92 Å². The molecule has 2 N–H and O–H groups in total. The van der Waals surface area contributed by atoms with Crippen LogP contribution in [0.4, 0.5) is 0 Å². The zero-order chi connectivity index (χ0) is 16.1. The number of para-hydroxylation sites is 2. The lowest BCUT2D eigenvalue weighted by Crippen LogP contribution is -2.46. The van der Waals surface area contributed by atoms with Crippen molar-refractivity contribution in [1.29, 1.82) is 0 Å². The number of rotatable bonds is 6. The van der Waals surface area contributed by atoms with Gasteiger partial charge in [-0.2, -0.15) is 0 Å². The van der Waals surface area contributed by atoms with E-state index in [1.165, 1.54) is 4.57 Å². The molecule has 0 bridgehead atoms. The minimum absolute atomic E-state index is 0.193. The molecule has 1 heterocycles. The third-order valence-electron chi connectivity index (χ3n) is 3.20. The molecule has 22 heavy (non-hydrogen) atoms. The van der Waals surface area contributed by atoms with Gasteiger partial charge in [-0.15, -0.1) is 0 Å². The molecule has 7 nitrogen and oxygen atoms in total. The zero-order valence-electron chi connectivity index (χ0n) is 12.6. The van der Waals surface area contributed by atoms with Crippen molar-refractivity contribution in [2.75, 3.05) is 6.54 Å². The Bertz CT molecular complexity index is 732. The summed E-state index contributed by atoms with van der Waals surface area (Å²) < 4.78 is 6.29. The first-order chi connectivity index (χ1) is 10.5. The van der Waals surface area contributed by atoms with Crippen LogP contribution >= 0.6 is 0 Å². The Morgan fingerprint density at radius 2 is 2.05 bits per heavy atom. The largest absolute Gasteiger partial charge is 0.420 e. The fourth-order valence-electron chi connectivity index (χ4n) is 2.06. The van der Waals surface area contributed by atoms with E-state index in [0.717, 1.165) is 6.42 Å². The van der Waals surface area contributed by atoms with Crippen LogP contribution in [0.25, 0.3) is 11.1 Å². The lowest BCUT2D eigenvalue weighted by molar-refractivity contribution is -0.128. The lowest BCUT2D eigenvalue weighted by Gasteiger charge is -2.13. The summed E-state index contributed by atoms with van der Waals surface area (Å²) in [5.74, 6) is -1.27. The van der Waals surface area contributed by atoms with Crippen molar-refractivity contribution in [3.05, 3.63) is 34.8 Å². The van der Waals surface area contributed by atoms with Gasteiger partial charge in [0.1, 0.15) is 12.6 Å². The van der Waals surface area contributed by atoms with Crippen LogP contribution in [0.1, 0.15) is 20.3 Å². The van der Waals surface area contributed by atoms with Crippen molar-refractivity contribution in [2.24, 2.45) is 0 Å². The predicted molar refractivity (Wildman–Crippen MR) is 81.4 cm³/mol. The van der Waals surface area contributed by atoms with E-state index >= 15 is 0 Å². The monoisotopic (exact) mass is 305 g/mol. The van der Waals surface area contributed by atoms with E-state index in [0.29, 0.717) is 17.6 Å². The number of carbonyl (C=O) groups excluding carboxylic acids is 2. The molecule has 1 atom stereocenters. The molecular weight excluding hydrogens is 286 g/mol. The second-order valence-corrected chi connectivity index (χ2v) is 5.00. The van der Waals surface area contributed by atoms with E-state index in [-0.39, 0.29) is 12.5 Å². The van der Waals surface area contributed by atoms with Gasteiger partial charge in [0.25, 0.3) is 0 Å². The Balaban J connectivity index is 2.04. The standard InChI is InChI=1S/C15H19N3O4/c1-3-8-16-14(20)10(2)17-13(19)9-18-11-6-4-5-7-12(11)22-15(18)21/h4-7,10H,3,8-9H2,1-2H3,(H,16,20)(H,17,19)/t10-/m1/s1. The molecule has 0 saturated carbocycles. The van der Waals surface area contributed by atoms with Gasteiger partial charge >= 0.3 is 5.76 Å². The fraction of sp³-hybridized carbons (Fsp3) is 0.400. The molecule has 118 valence electrons. The molecule has 0 radical (unpaired) electrons. The van der Waals surface area contributed by atoms with Gasteiger partial charge in [-0.25, -0.2) is 4.79 Å². The Morgan fingerprint density at radius 3 is 2.77 bits per heavy atom. The van der Waals surface area contributed by atoms with Gasteiger partial charge in [-0.3, -0.25) is 14.2 Å². The van der Waals surface area contributed by atoms with E-state index in [2.05, 4.69) is 10.6 Å². The number of amides is 2. The maximum absolute atomic E-state index is 12.0. The van der Waals surface area contributed by atoms with Gasteiger partial charge < -0.3 is 15.1 Å². The van der Waals surface area contributed by atoms with Crippen LogP contribution in [0.5, 0.6) is 0 Å². The van der Waals surface area contributed by atoms with Crippen LogP contribution in [0.15, 0.2) is 33.5 Å². The number of carbonyl (C=O) groups is 2. The maximum atomic E-state index is 12.0. The molecule has 2 rings (SSSR count). The summed E-state index contributed by atoms with van der Waals surface area (Å²) in [6.45, 7) is 3.91. The van der Waals surface area contributed by atoms with Crippen LogP contribution in [-0.2, 0) is 16.1 Å². The van der Waals surface area contributed by atoms with Crippen LogP contribution in [-0.4, -0.2) is 29.0 Å². The molecular formula is C15H19N3O4. The van der Waals surface area contributed by atoms with Gasteiger partial charge in [-0.05, 0) is 25.5 Å². The molecule has 0 aliphatic rings. The second kappa shape index (κ2) is 6.93. The third kappa shape index (κ3) is 3.55. The first-order valence-electron chi connectivity index (χ1n) is 7.18. The molecule has 0 spiro atoms. The highest BCUT2D eigenvalue weighted by atomic mass is 16.4. The van der Waals surface area contributed by atoms with Crippen LogP contribution < -0.4 is 16.4 Å². The summed E-state index contributed by atoms with van der Waals surface area (Å²) in [5.41, 5.74) is 0.972. The number of hydrogen-bond donors (Lipinski definition) is 2. The summed E-state index contributed by atoms with van der Waals surface area (Å²) in [5, 5.41) is 5.26. The first-order valence-corrected chi connectivity index (χ1v) is 7.18. The molecule has 2 amide bonds. The molecule has 1 aromatic carbocycles. The summed E-state index contributed by atoms with van der Waals surface area (Å²) in [7, 11) is 0. The molecule has 7 heteroatoms. The number of fused-ring (bicyclic) bond motifs is 1. The Morgan fingerprint density at radius 1 is 1.32 bits per heavy atom. The highest BCUT2D eigenvalue weighted by molar-refractivity contribution is 5.87. The number of aromatic nitrogens is 1. The Kier molecular flexibility index (Phi) is 4.98. The number of oxazole rings is 1. The normalized spacial score (nSPS) is 12.1. The molecule has 2 aromatic rings. The van der Waals surface area contributed by atoms with Crippen molar-refractivity contribution in [2.45, 2.75) is 32.9 Å². The van der Waals surface area contributed by atoms with Crippen LogP contribution in [0.2, 0.25) is 0 Å². The van der Waals surface area contributed by atoms with Gasteiger partial charge in [0.2, 0.25) is 11.8 Å². The number of nitrogens with one attached hydrogen (secondary N) is 2. The summed E-state index contributed by atoms with van der Waals surface area (Å²) >= 11 is 0. The van der Waals surface area contributed by atoms with E-state index in [4.69, 9.17) is 4.42 Å². The predicted octanol–water partition coefficient (Wildman–Crippen LogP) is 0.625. The molecule has 0 unspecified atom stereocenters. The quantitative estimate of drug-likeness (QED) is 0.818. The van der Waals surface area contributed by atoms with E-state index in [1.54, 1.807) is 31.2 Å². The Labute approximate surface area is 127 Å². The van der Waals surface area contributed by atoms with E-state index < -0.39 is 17.7 Å². The Hall–Kier alpha value is -2.57. The van der Waals surface area contributed by atoms with Gasteiger partial charge in [0.15, 0.2) is 5.58 Å². The number of hydrogen-bond acceptors (Lipinski definition) is 4. The summed E-state index contributed by atoms with van der Waals surface area (Å²) in [6.07, 6.45) is 0.822. The molecule has 0 fully saturated rings. The highest BCUT2D eigenvalue weighted by Gasteiger charge is 2.17. The van der Waals surface area contributed by atoms with Gasteiger partial charge in [-0.1, -0.05) is 19.1 Å². The first kappa shape index (κ1) is 15.8. The number of benzene rings is 1. The van der Waals surface area contributed by atoms with E-state index in [9.17, 15) is 14.4 Å². The average Bonchev–Trinajstić information content (AvgIpc) is 2.80. The van der Waals surface area contributed by atoms with Gasteiger partial charge in [0.05, 0.1) is 5.52 Å². The molecule has 0 aliphatic carbocycles. The fourth-order valence-corrected chi connectivity index (χ4v) is 2.06. The summed E-state index contributed by atoms with van der Waals surface area (Å²) in [6, 6.07) is 6.20. The molecule has 1 aromatic heterocycles. The van der Waals surface area contributed by atoms with Crippen molar-refractivity contribution in [3.8, 4) is 0 Å². The SMILES string of the molecule is CCCNC(=O)[C@@H](C)NC(=O)Cn1c(=O)oc2ccccc21. The lowest BCUT2D eigenvalue weighted by atomic mass is 10.3. The van der Waals surface area contributed by atoms with Crippen LogP contribution in [0.3, 0.4) is 0 Å². The van der Waals surface area contributed by atoms with Crippen molar-refractivity contribution < 1.29 is 14.0 Å². The second-order valence-electron chi connectivity index (χ2n) is 5.00. The molecule has 0 aliphatic heterocycles. The minimum Gasteiger partial charge on any atom is -0.408 e. The third-order valence-corrected chi connectivity index (χ3v) is 3.20. The zero-order valence-corrected chi connectivity index (χ0v) is 12.6. The topological polar surface area (TPSA) is 93.3 Å². The summed E-state index contributed by atoms with van der Waals surface area (Å²) in [4.78, 5) is 35.5. The maximum Gasteiger partial charge on any atom is 0.420 e. The average molecular weight is 305 g/mol. The minimum atomic E-state index is -0.659. The highest BCUT2D eigenvalue weighted by Crippen LogP contribution is 2.11. The van der Waals surface area contributed by atoms with Crippen molar-refractivity contribution in [3.63, 3.8) is 0 Å². The smallest absolute Gasteiger partial charge is 0.408 e. The van der Waals surface area contributed by atoms with Crippen LogP contribution in [0, 0.1) is 0 Å². The molecule has 0 saturated heterocycles.